The molecule has 142 valence electrons. The van der Waals surface area contributed by atoms with Gasteiger partial charge in [0.25, 0.3) is 0 Å². The second-order valence-corrected chi connectivity index (χ2v) is 6.33. The van der Waals surface area contributed by atoms with E-state index < -0.39 is 0 Å². The molecule has 0 fully saturated rings. The lowest BCUT2D eigenvalue weighted by Crippen LogP contribution is -2.02. The van der Waals surface area contributed by atoms with Crippen LogP contribution in [-0.4, -0.2) is 34.3 Å². The SMILES string of the molecule is CCCCOc1ccc(/C=N/n2c(CCCC)n[nH]c2=S)cc1OCC. The van der Waals surface area contributed by atoms with Crippen LogP contribution < -0.4 is 9.47 Å². The van der Waals surface area contributed by atoms with Crippen molar-refractivity contribution in [2.24, 2.45) is 5.10 Å². The molecule has 0 amide bonds. The molecule has 1 N–H and O–H groups in total. The van der Waals surface area contributed by atoms with E-state index in [1.807, 2.05) is 25.1 Å². The summed E-state index contributed by atoms with van der Waals surface area (Å²) in [6, 6.07) is 5.82. The Balaban J connectivity index is 2.18. The zero-order chi connectivity index (χ0) is 18.8. The Morgan fingerprint density at radius 3 is 2.69 bits per heavy atom. The van der Waals surface area contributed by atoms with Crippen molar-refractivity contribution in [3.05, 3.63) is 34.4 Å². The van der Waals surface area contributed by atoms with Crippen LogP contribution >= 0.6 is 12.2 Å². The summed E-state index contributed by atoms with van der Waals surface area (Å²) in [5.41, 5.74) is 0.917. The van der Waals surface area contributed by atoms with Crippen LogP contribution in [-0.2, 0) is 6.42 Å². The highest BCUT2D eigenvalue weighted by molar-refractivity contribution is 7.71. The molecule has 0 radical (unpaired) electrons. The van der Waals surface area contributed by atoms with Crippen molar-refractivity contribution in [2.75, 3.05) is 13.2 Å². The Morgan fingerprint density at radius 2 is 1.96 bits per heavy atom. The van der Waals surface area contributed by atoms with Crippen LogP contribution in [0.2, 0.25) is 0 Å². The maximum atomic E-state index is 5.81. The number of hydrogen-bond donors (Lipinski definition) is 1. The zero-order valence-corrected chi connectivity index (χ0v) is 16.6. The van der Waals surface area contributed by atoms with Gasteiger partial charge in [0.1, 0.15) is 0 Å². The molecule has 6 nitrogen and oxygen atoms in total. The van der Waals surface area contributed by atoms with Crippen LogP contribution in [0, 0.1) is 4.77 Å². The van der Waals surface area contributed by atoms with E-state index in [1.165, 1.54) is 0 Å². The number of aromatic nitrogens is 3. The minimum Gasteiger partial charge on any atom is -0.490 e. The van der Waals surface area contributed by atoms with Gasteiger partial charge in [0.15, 0.2) is 17.3 Å². The lowest BCUT2D eigenvalue weighted by molar-refractivity contribution is 0.272. The first-order valence-electron chi connectivity index (χ1n) is 9.29. The van der Waals surface area contributed by atoms with Gasteiger partial charge in [-0.3, -0.25) is 5.10 Å². The first-order valence-corrected chi connectivity index (χ1v) is 9.70. The largest absolute Gasteiger partial charge is 0.490 e. The first-order chi connectivity index (χ1) is 12.7. The van der Waals surface area contributed by atoms with E-state index in [2.05, 4.69) is 29.1 Å². The summed E-state index contributed by atoms with van der Waals surface area (Å²) < 4.78 is 13.7. The van der Waals surface area contributed by atoms with Crippen molar-refractivity contribution >= 4 is 18.4 Å². The number of ether oxygens (including phenoxy) is 2. The van der Waals surface area contributed by atoms with Crippen molar-refractivity contribution in [3.63, 3.8) is 0 Å². The molecule has 0 atom stereocenters. The van der Waals surface area contributed by atoms with Crippen molar-refractivity contribution in [3.8, 4) is 11.5 Å². The third-order valence-electron chi connectivity index (χ3n) is 3.82. The zero-order valence-electron chi connectivity index (χ0n) is 15.8. The number of hydrogen-bond acceptors (Lipinski definition) is 5. The summed E-state index contributed by atoms with van der Waals surface area (Å²) in [5.74, 6) is 2.34. The number of H-pyrrole nitrogens is 1. The first kappa shape index (κ1) is 20.2. The lowest BCUT2D eigenvalue weighted by atomic mass is 10.2. The molecule has 7 heteroatoms. The standard InChI is InChI=1S/C19H28N4O2S/c1-4-7-9-18-21-22-19(26)23(18)20-14-15-10-11-16(25-12-8-5-2)17(13-15)24-6-3/h10-11,13-14H,4-9,12H2,1-3H3,(H,22,26)/b20-14+. The molecule has 0 aliphatic carbocycles. The summed E-state index contributed by atoms with van der Waals surface area (Å²) in [4.78, 5) is 0. The van der Waals surface area contributed by atoms with Gasteiger partial charge in [-0.05, 0) is 55.7 Å². The predicted molar refractivity (Wildman–Crippen MR) is 107 cm³/mol. The number of aromatic amines is 1. The van der Waals surface area contributed by atoms with Gasteiger partial charge in [-0.15, -0.1) is 0 Å². The Bertz CT molecular complexity index is 767. The van der Waals surface area contributed by atoms with Crippen LogP contribution in [0.25, 0.3) is 0 Å². The van der Waals surface area contributed by atoms with Crippen molar-refractivity contribution in [1.29, 1.82) is 0 Å². The molecule has 0 unspecified atom stereocenters. The van der Waals surface area contributed by atoms with E-state index in [4.69, 9.17) is 21.7 Å². The maximum Gasteiger partial charge on any atom is 0.216 e. The molecule has 1 heterocycles. The predicted octanol–water partition coefficient (Wildman–Crippen LogP) is 4.74. The molecule has 0 aliphatic heterocycles. The molecular weight excluding hydrogens is 348 g/mol. The Kier molecular flexibility index (Phi) is 8.34. The van der Waals surface area contributed by atoms with E-state index in [-0.39, 0.29) is 0 Å². The highest BCUT2D eigenvalue weighted by Crippen LogP contribution is 2.28. The number of aryl methyl sites for hydroxylation is 1. The van der Waals surface area contributed by atoms with Crippen LogP contribution in [0.15, 0.2) is 23.3 Å². The fourth-order valence-electron chi connectivity index (χ4n) is 2.38. The van der Waals surface area contributed by atoms with E-state index in [1.54, 1.807) is 10.9 Å². The Hall–Kier alpha value is -2.15. The van der Waals surface area contributed by atoms with Gasteiger partial charge < -0.3 is 9.47 Å². The molecule has 1 aromatic carbocycles. The number of unbranched alkanes of at least 4 members (excludes halogenated alkanes) is 2. The van der Waals surface area contributed by atoms with E-state index >= 15 is 0 Å². The van der Waals surface area contributed by atoms with Crippen LogP contribution in [0.4, 0.5) is 0 Å². The molecular formula is C19H28N4O2S. The summed E-state index contributed by atoms with van der Waals surface area (Å²) >= 11 is 5.27. The van der Waals surface area contributed by atoms with Gasteiger partial charge in [-0.1, -0.05) is 26.7 Å². The van der Waals surface area contributed by atoms with Crippen molar-refractivity contribution in [1.82, 2.24) is 14.9 Å². The van der Waals surface area contributed by atoms with Gasteiger partial charge in [0.05, 0.1) is 19.4 Å². The summed E-state index contributed by atoms with van der Waals surface area (Å²) in [5, 5.41) is 11.6. The lowest BCUT2D eigenvalue weighted by Gasteiger charge is -2.12. The maximum absolute atomic E-state index is 5.81. The Morgan fingerprint density at radius 1 is 1.15 bits per heavy atom. The topological polar surface area (TPSA) is 64.4 Å². The third-order valence-corrected chi connectivity index (χ3v) is 4.08. The minimum atomic E-state index is 0.497. The summed E-state index contributed by atoms with van der Waals surface area (Å²) in [6.07, 6.45) is 6.87. The van der Waals surface area contributed by atoms with Crippen molar-refractivity contribution < 1.29 is 9.47 Å². The summed E-state index contributed by atoms with van der Waals surface area (Å²) in [7, 11) is 0. The molecule has 2 rings (SSSR count). The van der Waals surface area contributed by atoms with Gasteiger partial charge in [-0.25, -0.2) is 0 Å². The normalized spacial score (nSPS) is 11.2. The van der Waals surface area contributed by atoms with Crippen LogP contribution in [0.1, 0.15) is 57.8 Å². The molecule has 0 saturated heterocycles. The van der Waals surface area contributed by atoms with E-state index in [9.17, 15) is 0 Å². The summed E-state index contributed by atoms with van der Waals surface area (Å²) in [6.45, 7) is 7.52. The van der Waals surface area contributed by atoms with Gasteiger partial charge in [0, 0.05) is 6.42 Å². The average Bonchev–Trinajstić information content (AvgIpc) is 3.00. The third kappa shape index (κ3) is 5.69. The van der Waals surface area contributed by atoms with Gasteiger partial charge in [0.2, 0.25) is 4.77 Å². The second-order valence-electron chi connectivity index (χ2n) is 5.95. The van der Waals surface area contributed by atoms with Crippen molar-refractivity contribution in [2.45, 2.75) is 52.9 Å². The molecule has 26 heavy (non-hydrogen) atoms. The molecule has 0 saturated carbocycles. The number of rotatable bonds is 11. The van der Waals surface area contributed by atoms with Gasteiger partial charge >= 0.3 is 0 Å². The molecule has 0 aliphatic rings. The van der Waals surface area contributed by atoms with Crippen LogP contribution in [0.3, 0.4) is 0 Å². The van der Waals surface area contributed by atoms with Crippen LogP contribution in [0.5, 0.6) is 11.5 Å². The highest BCUT2D eigenvalue weighted by Gasteiger charge is 2.07. The smallest absolute Gasteiger partial charge is 0.216 e. The second kappa shape index (κ2) is 10.8. The number of nitrogens with one attached hydrogen (secondary N) is 1. The monoisotopic (exact) mass is 376 g/mol. The number of benzene rings is 1. The fraction of sp³-hybridized carbons (Fsp3) is 0.526. The van der Waals surface area contributed by atoms with E-state index in [0.29, 0.717) is 18.0 Å². The molecule has 0 spiro atoms. The average molecular weight is 377 g/mol. The van der Waals surface area contributed by atoms with E-state index in [0.717, 1.165) is 55.0 Å². The fourth-order valence-corrected chi connectivity index (χ4v) is 2.58. The minimum absolute atomic E-state index is 0.497. The molecule has 1 aromatic heterocycles. The highest BCUT2D eigenvalue weighted by atomic mass is 32.1. The Labute approximate surface area is 160 Å². The van der Waals surface area contributed by atoms with Gasteiger partial charge in [-0.2, -0.15) is 14.9 Å². The quantitative estimate of drug-likeness (QED) is 0.349. The molecule has 0 bridgehead atoms. The number of nitrogens with zero attached hydrogens (tertiary/aromatic N) is 3. The molecule has 2 aromatic rings.